The number of sulfonamides is 1. The lowest BCUT2D eigenvalue weighted by atomic mass is 10.0. The van der Waals surface area contributed by atoms with Crippen LogP contribution in [-0.4, -0.2) is 43.6 Å². The molecule has 0 aliphatic carbocycles. The summed E-state index contributed by atoms with van der Waals surface area (Å²) in [4.78, 5) is 0. The summed E-state index contributed by atoms with van der Waals surface area (Å²) < 4.78 is 27.1. The lowest BCUT2D eigenvalue weighted by molar-refractivity contribution is 0.238. The third-order valence-electron chi connectivity index (χ3n) is 4.38. The standard InChI is InChI=1S/C14H28N2O2S/c1-2-7-14-9-4-6-11-16(14)19(17,18)12-13-8-3-5-10-15-13/h13-15H,2-12H2,1H3. The lowest BCUT2D eigenvalue weighted by Gasteiger charge is -2.36. The molecule has 0 aromatic heterocycles. The van der Waals surface area contributed by atoms with Gasteiger partial charge in [-0.2, -0.15) is 4.31 Å². The van der Waals surface area contributed by atoms with Crippen molar-refractivity contribution >= 4 is 10.0 Å². The Hall–Kier alpha value is -0.130. The number of hydrogen-bond acceptors (Lipinski definition) is 3. The van der Waals surface area contributed by atoms with E-state index < -0.39 is 10.0 Å². The predicted octanol–water partition coefficient (Wildman–Crippen LogP) is 2.11. The molecule has 0 aromatic carbocycles. The van der Waals surface area contributed by atoms with Crippen LogP contribution in [0.5, 0.6) is 0 Å². The van der Waals surface area contributed by atoms with E-state index in [1.54, 1.807) is 0 Å². The third kappa shape index (κ3) is 4.17. The molecule has 2 saturated heterocycles. The Bertz CT molecular complexity index is 362. The van der Waals surface area contributed by atoms with Gasteiger partial charge in [0, 0.05) is 18.6 Å². The van der Waals surface area contributed by atoms with Gasteiger partial charge in [-0.3, -0.25) is 0 Å². The zero-order chi connectivity index (χ0) is 13.7. The van der Waals surface area contributed by atoms with Crippen LogP contribution in [0.4, 0.5) is 0 Å². The molecule has 0 radical (unpaired) electrons. The van der Waals surface area contributed by atoms with E-state index in [0.29, 0.717) is 5.75 Å². The van der Waals surface area contributed by atoms with Crippen molar-refractivity contribution in [1.82, 2.24) is 9.62 Å². The second-order valence-corrected chi connectivity index (χ2v) is 7.94. The van der Waals surface area contributed by atoms with Gasteiger partial charge in [0.25, 0.3) is 0 Å². The fraction of sp³-hybridized carbons (Fsp3) is 1.00. The van der Waals surface area contributed by atoms with Crippen LogP contribution in [0.15, 0.2) is 0 Å². The molecule has 5 heteroatoms. The average molecular weight is 288 g/mol. The van der Waals surface area contributed by atoms with Gasteiger partial charge in [0.15, 0.2) is 0 Å². The maximum absolute atomic E-state index is 12.6. The summed E-state index contributed by atoms with van der Waals surface area (Å²) >= 11 is 0. The highest BCUT2D eigenvalue weighted by Crippen LogP contribution is 2.25. The van der Waals surface area contributed by atoms with E-state index in [0.717, 1.165) is 51.6 Å². The first kappa shape index (κ1) is 15.3. The Morgan fingerprint density at radius 3 is 2.63 bits per heavy atom. The molecule has 112 valence electrons. The van der Waals surface area contributed by atoms with Crippen LogP contribution in [-0.2, 0) is 10.0 Å². The number of nitrogens with one attached hydrogen (secondary N) is 1. The van der Waals surface area contributed by atoms with Gasteiger partial charge in [0.1, 0.15) is 0 Å². The summed E-state index contributed by atoms with van der Waals surface area (Å²) in [6, 6.07) is 0.426. The Kier molecular flexibility index (Phi) is 5.66. The van der Waals surface area contributed by atoms with E-state index in [9.17, 15) is 8.42 Å². The molecule has 2 atom stereocenters. The van der Waals surface area contributed by atoms with Crippen LogP contribution in [0, 0.1) is 0 Å². The minimum atomic E-state index is -3.08. The van der Waals surface area contributed by atoms with E-state index in [-0.39, 0.29) is 12.1 Å². The van der Waals surface area contributed by atoms with Gasteiger partial charge in [-0.25, -0.2) is 8.42 Å². The van der Waals surface area contributed by atoms with Crippen molar-refractivity contribution in [3.05, 3.63) is 0 Å². The molecule has 2 rings (SSSR count). The topological polar surface area (TPSA) is 49.4 Å². The summed E-state index contributed by atoms with van der Waals surface area (Å²) in [6.07, 6.45) is 8.67. The predicted molar refractivity (Wildman–Crippen MR) is 78.7 cm³/mol. The van der Waals surface area contributed by atoms with Gasteiger partial charge >= 0.3 is 0 Å². The minimum absolute atomic E-state index is 0.169. The van der Waals surface area contributed by atoms with Crippen LogP contribution in [0.1, 0.15) is 58.3 Å². The summed E-state index contributed by atoms with van der Waals surface area (Å²) in [5.41, 5.74) is 0. The normalized spacial score (nSPS) is 30.4. The number of rotatable bonds is 5. The van der Waals surface area contributed by atoms with Crippen molar-refractivity contribution in [1.29, 1.82) is 0 Å². The molecule has 0 spiro atoms. The van der Waals surface area contributed by atoms with E-state index in [1.807, 2.05) is 4.31 Å². The highest BCUT2D eigenvalue weighted by molar-refractivity contribution is 7.89. The number of nitrogens with zero attached hydrogens (tertiary/aromatic N) is 1. The van der Waals surface area contributed by atoms with E-state index >= 15 is 0 Å². The summed E-state index contributed by atoms with van der Waals surface area (Å²) in [6.45, 7) is 3.85. The van der Waals surface area contributed by atoms with Gasteiger partial charge in [0.05, 0.1) is 5.75 Å². The van der Waals surface area contributed by atoms with Crippen molar-refractivity contribution in [3.63, 3.8) is 0 Å². The third-order valence-corrected chi connectivity index (χ3v) is 6.40. The first-order valence-electron chi connectivity index (χ1n) is 7.86. The largest absolute Gasteiger partial charge is 0.313 e. The molecule has 2 fully saturated rings. The van der Waals surface area contributed by atoms with Crippen molar-refractivity contribution in [3.8, 4) is 0 Å². The fourth-order valence-corrected chi connectivity index (χ4v) is 5.43. The van der Waals surface area contributed by atoms with E-state index in [4.69, 9.17) is 0 Å². The molecule has 0 bridgehead atoms. The Balaban J connectivity index is 1.99. The monoisotopic (exact) mass is 288 g/mol. The summed E-state index contributed by atoms with van der Waals surface area (Å²) in [7, 11) is -3.08. The van der Waals surface area contributed by atoms with Gasteiger partial charge in [-0.05, 0) is 38.6 Å². The molecule has 0 amide bonds. The highest BCUT2D eigenvalue weighted by atomic mass is 32.2. The molecule has 2 aliphatic heterocycles. The first-order valence-corrected chi connectivity index (χ1v) is 9.47. The van der Waals surface area contributed by atoms with Crippen molar-refractivity contribution < 1.29 is 8.42 Å². The Morgan fingerprint density at radius 1 is 1.16 bits per heavy atom. The number of piperidine rings is 2. The number of hydrogen-bond donors (Lipinski definition) is 1. The maximum atomic E-state index is 12.6. The fourth-order valence-electron chi connectivity index (χ4n) is 3.38. The zero-order valence-electron chi connectivity index (χ0n) is 12.1. The molecule has 2 heterocycles. The van der Waals surface area contributed by atoms with E-state index in [1.165, 1.54) is 12.8 Å². The molecule has 4 nitrogen and oxygen atoms in total. The molecule has 19 heavy (non-hydrogen) atoms. The van der Waals surface area contributed by atoms with Gasteiger partial charge < -0.3 is 5.32 Å². The quantitative estimate of drug-likeness (QED) is 0.843. The average Bonchev–Trinajstić information content (AvgIpc) is 2.40. The minimum Gasteiger partial charge on any atom is -0.313 e. The Labute approximate surface area is 118 Å². The van der Waals surface area contributed by atoms with Crippen LogP contribution < -0.4 is 5.32 Å². The van der Waals surface area contributed by atoms with Crippen molar-refractivity contribution in [2.45, 2.75) is 70.4 Å². The smallest absolute Gasteiger partial charge is 0.215 e. The van der Waals surface area contributed by atoms with Crippen LogP contribution >= 0.6 is 0 Å². The molecular weight excluding hydrogens is 260 g/mol. The molecule has 2 unspecified atom stereocenters. The molecular formula is C14H28N2O2S. The lowest BCUT2D eigenvalue weighted by Crippen LogP contribution is -2.49. The first-order chi connectivity index (χ1) is 9.13. The van der Waals surface area contributed by atoms with Crippen LogP contribution in [0.3, 0.4) is 0 Å². The van der Waals surface area contributed by atoms with Gasteiger partial charge in [0.2, 0.25) is 10.0 Å². The summed E-state index contributed by atoms with van der Waals surface area (Å²) in [5, 5.41) is 3.36. The van der Waals surface area contributed by atoms with Crippen LogP contribution in [0.2, 0.25) is 0 Å². The zero-order valence-corrected chi connectivity index (χ0v) is 12.9. The van der Waals surface area contributed by atoms with Crippen molar-refractivity contribution in [2.24, 2.45) is 0 Å². The molecule has 1 N–H and O–H groups in total. The summed E-state index contributed by atoms with van der Waals surface area (Å²) in [5.74, 6) is 0.299. The Morgan fingerprint density at radius 2 is 1.95 bits per heavy atom. The molecule has 2 aliphatic rings. The molecule has 0 saturated carbocycles. The van der Waals surface area contributed by atoms with Crippen molar-refractivity contribution in [2.75, 3.05) is 18.8 Å². The maximum Gasteiger partial charge on any atom is 0.215 e. The molecule has 0 aromatic rings. The van der Waals surface area contributed by atoms with Crippen LogP contribution in [0.25, 0.3) is 0 Å². The highest BCUT2D eigenvalue weighted by Gasteiger charge is 2.33. The van der Waals surface area contributed by atoms with Gasteiger partial charge in [-0.15, -0.1) is 0 Å². The second kappa shape index (κ2) is 7.04. The van der Waals surface area contributed by atoms with E-state index in [2.05, 4.69) is 12.2 Å². The SMILES string of the molecule is CCCC1CCCCN1S(=O)(=O)CC1CCCCN1. The van der Waals surface area contributed by atoms with Gasteiger partial charge in [-0.1, -0.05) is 26.2 Å². The second-order valence-electron chi connectivity index (χ2n) is 5.97.